The van der Waals surface area contributed by atoms with Gasteiger partial charge < -0.3 is 29.5 Å². The minimum atomic E-state index is -1.17. The number of hydrogen-bond donors (Lipinski definition) is 3. The first-order valence-electron chi connectivity index (χ1n) is 4.33. The van der Waals surface area contributed by atoms with Crippen LogP contribution in [0.2, 0.25) is 0 Å². The average molecular weight is 208 g/mol. The predicted molar refractivity (Wildman–Crippen MR) is 45.6 cm³/mol. The van der Waals surface area contributed by atoms with Crippen molar-refractivity contribution in [1.82, 2.24) is 0 Å². The van der Waals surface area contributed by atoms with E-state index in [0.29, 0.717) is 0 Å². The van der Waals surface area contributed by atoms with Crippen molar-refractivity contribution in [1.29, 1.82) is 0 Å². The zero-order chi connectivity index (χ0) is 10.7. The summed E-state index contributed by atoms with van der Waals surface area (Å²) in [6.45, 7) is -0.380. The maximum Gasteiger partial charge on any atom is 0.186 e. The van der Waals surface area contributed by atoms with Gasteiger partial charge in [0.25, 0.3) is 0 Å². The quantitative estimate of drug-likeness (QED) is 0.501. The van der Waals surface area contributed by atoms with E-state index in [1.165, 1.54) is 14.2 Å². The van der Waals surface area contributed by atoms with E-state index in [0.717, 1.165) is 0 Å². The van der Waals surface area contributed by atoms with E-state index < -0.39 is 30.7 Å². The van der Waals surface area contributed by atoms with Crippen LogP contribution in [-0.4, -0.2) is 66.9 Å². The fourth-order valence-electron chi connectivity index (χ4n) is 1.50. The summed E-state index contributed by atoms with van der Waals surface area (Å²) in [7, 11) is 2.78. The van der Waals surface area contributed by atoms with E-state index in [1.54, 1.807) is 0 Å². The molecule has 6 heteroatoms. The minimum Gasteiger partial charge on any atom is -0.394 e. The Morgan fingerprint density at radius 3 is 2.21 bits per heavy atom. The van der Waals surface area contributed by atoms with Crippen LogP contribution in [0.1, 0.15) is 0 Å². The number of hydrogen-bond acceptors (Lipinski definition) is 6. The molecule has 5 atom stereocenters. The molecule has 1 heterocycles. The third kappa shape index (κ3) is 2.05. The lowest BCUT2D eigenvalue weighted by Gasteiger charge is -2.40. The molecule has 1 saturated heterocycles. The summed E-state index contributed by atoms with van der Waals surface area (Å²) in [4.78, 5) is 0. The molecule has 14 heavy (non-hydrogen) atoms. The highest BCUT2D eigenvalue weighted by atomic mass is 16.7. The number of methoxy groups -OCH3 is 2. The van der Waals surface area contributed by atoms with Gasteiger partial charge in [-0.15, -0.1) is 0 Å². The first-order valence-corrected chi connectivity index (χ1v) is 4.33. The number of ether oxygens (including phenoxy) is 3. The van der Waals surface area contributed by atoms with Gasteiger partial charge in [0, 0.05) is 14.2 Å². The monoisotopic (exact) mass is 208 g/mol. The normalized spacial score (nSPS) is 43.9. The second-order valence-corrected chi connectivity index (χ2v) is 3.14. The first kappa shape index (κ1) is 11.8. The molecule has 0 spiro atoms. The Morgan fingerprint density at radius 2 is 1.79 bits per heavy atom. The number of aliphatic hydroxyl groups excluding tert-OH is 3. The van der Waals surface area contributed by atoms with Crippen molar-refractivity contribution in [3.05, 3.63) is 0 Å². The van der Waals surface area contributed by atoms with Gasteiger partial charge in [-0.25, -0.2) is 0 Å². The van der Waals surface area contributed by atoms with Crippen molar-refractivity contribution in [2.75, 3.05) is 20.8 Å². The van der Waals surface area contributed by atoms with Crippen LogP contribution in [0.15, 0.2) is 0 Å². The van der Waals surface area contributed by atoms with Crippen molar-refractivity contribution in [2.45, 2.75) is 30.7 Å². The number of aliphatic hydroxyl groups is 3. The highest BCUT2D eigenvalue weighted by Crippen LogP contribution is 2.23. The van der Waals surface area contributed by atoms with E-state index in [9.17, 15) is 10.2 Å². The smallest absolute Gasteiger partial charge is 0.186 e. The molecule has 0 aromatic rings. The van der Waals surface area contributed by atoms with E-state index in [-0.39, 0.29) is 6.61 Å². The van der Waals surface area contributed by atoms with Crippen LogP contribution in [-0.2, 0) is 14.2 Å². The third-order valence-corrected chi connectivity index (χ3v) is 2.33. The van der Waals surface area contributed by atoms with E-state index >= 15 is 0 Å². The molecule has 0 aliphatic carbocycles. The van der Waals surface area contributed by atoms with Crippen LogP contribution in [0.5, 0.6) is 0 Å². The average Bonchev–Trinajstić information content (AvgIpc) is 2.21. The van der Waals surface area contributed by atoms with Crippen molar-refractivity contribution in [2.24, 2.45) is 0 Å². The zero-order valence-electron chi connectivity index (χ0n) is 8.16. The fourth-order valence-corrected chi connectivity index (χ4v) is 1.50. The molecule has 0 amide bonds. The molecule has 1 fully saturated rings. The molecule has 1 aliphatic rings. The van der Waals surface area contributed by atoms with Gasteiger partial charge in [0.15, 0.2) is 6.29 Å². The standard InChI is InChI=1S/C8H16O6/c1-12-7-6(11)5(10)4(3-9)14-8(7)13-2/h4-11H,3H2,1-2H3/t4-,5-,6+,7+,8+/m1/s1. The summed E-state index contributed by atoms with van der Waals surface area (Å²) in [6, 6.07) is 0. The van der Waals surface area contributed by atoms with Gasteiger partial charge in [-0.2, -0.15) is 0 Å². The topological polar surface area (TPSA) is 88.4 Å². The maximum absolute atomic E-state index is 9.59. The highest BCUT2D eigenvalue weighted by molar-refractivity contribution is 4.89. The number of rotatable bonds is 3. The van der Waals surface area contributed by atoms with Crippen molar-refractivity contribution in [3.8, 4) is 0 Å². The fraction of sp³-hybridized carbons (Fsp3) is 1.00. The molecule has 0 aromatic heterocycles. The van der Waals surface area contributed by atoms with Gasteiger partial charge in [-0.1, -0.05) is 0 Å². The molecule has 0 bridgehead atoms. The lowest BCUT2D eigenvalue weighted by atomic mass is 9.99. The minimum absolute atomic E-state index is 0.380. The van der Waals surface area contributed by atoms with Crippen molar-refractivity contribution < 1.29 is 29.5 Å². The van der Waals surface area contributed by atoms with Gasteiger partial charge >= 0.3 is 0 Å². The third-order valence-electron chi connectivity index (χ3n) is 2.33. The van der Waals surface area contributed by atoms with Crippen LogP contribution in [0, 0.1) is 0 Å². The van der Waals surface area contributed by atoms with Gasteiger partial charge in [-0.05, 0) is 0 Å². The molecular formula is C8H16O6. The summed E-state index contributed by atoms with van der Waals surface area (Å²) >= 11 is 0. The summed E-state index contributed by atoms with van der Waals surface area (Å²) in [5.41, 5.74) is 0. The molecule has 0 aromatic carbocycles. The summed E-state index contributed by atoms with van der Waals surface area (Å²) in [5, 5.41) is 27.9. The molecule has 0 radical (unpaired) electrons. The van der Waals surface area contributed by atoms with Crippen molar-refractivity contribution >= 4 is 0 Å². The summed E-state index contributed by atoms with van der Waals surface area (Å²) in [5.74, 6) is 0. The van der Waals surface area contributed by atoms with Gasteiger partial charge in [0.1, 0.15) is 24.4 Å². The Hall–Kier alpha value is -0.240. The zero-order valence-corrected chi connectivity index (χ0v) is 8.16. The molecule has 6 nitrogen and oxygen atoms in total. The lowest BCUT2D eigenvalue weighted by Crippen LogP contribution is -2.59. The van der Waals surface area contributed by atoms with E-state index in [4.69, 9.17) is 19.3 Å². The van der Waals surface area contributed by atoms with Gasteiger partial charge in [0.2, 0.25) is 0 Å². The Kier molecular flexibility index (Phi) is 4.24. The highest BCUT2D eigenvalue weighted by Gasteiger charge is 2.44. The molecular weight excluding hydrogens is 192 g/mol. The van der Waals surface area contributed by atoms with Crippen LogP contribution >= 0.6 is 0 Å². The summed E-state index contributed by atoms with van der Waals surface area (Å²) < 4.78 is 15.0. The second-order valence-electron chi connectivity index (χ2n) is 3.14. The molecule has 84 valence electrons. The lowest BCUT2D eigenvalue weighted by molar-refractivity contribution is -0.299. The second kappa shape index (κ2) is 5.01. The van der Waals surface area contributed by atoms with Crippen molar-refractivity contribution in [3.63, 3.8) is 0 Å². The van der Waals surface area contributed by atoms with E-state index in [2.05, 4.69) is 0 Å². The SMILES string of the molecule is CO[C@H]1O[C@H](CO)[C@@H](O)[C@H](O)[C@@H]1OC. The Morgan fingerprint density at radius 1 is 1.14 bits per heavy atom. The first-order chi connectivity index (χ1) is 6.65. The van der Waals surface area contributed by atoms with E-state index in [1.807, 2.05) is 0 Å². The molecule has 1 aliphatic heterocycles. The maximum atomic E-state index is 9.59. The Balaban J connectivity index is 2.71. The van der Waals surface area contributed by atoms with Crippen LogP contribution in [0.3, 0.4) is 0 Å². The van der Waals surface area contributed by atoms with Gasteiger partial charge in [-0.3, -0.25) is 0 Å². The molecule has 3 N–H and O–H groups in total. The van der Waals surface area contributed by atoms with Crippen LogP contribution in [0.4, 0.5) is 0 Å². The Bertz CT molecular complexity index is 173. The molecule has 0 saturated carbocycles. The molecule has 0 unspecified atom stereocenters. The van der Waals surface area contributed by atoms with Crippen LogP contribution in [0.25, 0.3) is 0 Å². The van der Waals surface area contributed by atoms with Gasteiger partial charge in [0.05, 0.1) is 6.61 Å². The Labute approximate surface area is 82.0 Å². The summed E-state index contributed by atoms with van der Waals surface area (Å²) in [6.07, 6.45) is -4.68. The largest absolute Gasteiger partial charge is 0.394 e. The van der Waals surface area contributed by atoms with Crippen LogP contribution < -0.4 is 0 Å². The predicted octanol–water partition coefficient (Wildman–Crippen LogP) is -1.91. The molecule has 1 rings (SSSR count).